The Bertz CT molecular complexity index is 343. The summed E-state index contributed by atoms with van der Waals surface area (Å²) in [4.78, 5) is 11.8. The van der Waals surface area contributed by atoms with Gasteiger partial charge in [-0.2, -0.15) is 0 Å². The first-order valence-electron chi connectivity index (χ1n) is 5.56. The molecule has 1 amide bonds. The van der Waals surface area contributed by atoms with Crippen LogP contribution in [0, 0.1) is 13.8 Å². The minimum absolute atomic E-state index is 0.00127. The molecule has 0 spiro atoms. The summed E-state index contributed by atoms with van der Waals surface area (Å²) >= 11 is 5.56. The standard InChI is InChI=1S/C13H18ClNO/c1-10-7-11(2)9-12(8-10)13(16)15-6-4-3-5-14/h7-9H,3-6H2,1-2H3,(H,15,16). The predicted octanol–water partition coefficient (Wildman–Crippen LogP) is 3.05. The number of hydrogen-bond acceptors (Lipinski definition) is 1. The van der Waals surface area contributed by atoms with Gasteiger partial charge in [-0.05, 0) is 38.8 Å². The summed E-state index contributed by atoms with van der Waals surface area (Å²) in [6, 6.07) is 5.87. The third kappa shape index (κ3) is 4.23. The predicted molar refractivity (Wildman–Crippen MR) is 68.2 cm³/mol. The van der Waals surface area contributed by atoms with Crippen LogP contribution in [0.25, 0.3) is 0 Å². The monoisotopic (exact) mass is 239 g/mol. The maximum absolute atomic E-state index is 11.8. The average molecular weight is 240 g/mol. The summed E-state index contributed by atoms with van der Waals surface area (Å²) in [6.07, 6.45) is 1.87. The Morgan fingerprint density at radius 2 is 1.81 bits per heavy atom. The Kier molecular flexibility index (Phi) is 5.33. The Labute approximate surface area is 102 Å². The summed E-state index contributed by atoms with van der Waals surface area (Å²) in [5, 5.41) is 2.89. The van der Waals surface area contributed by atoms with Crippen molar-refractivity contribution in [2.24, 2.45) is 0 Å². The maximum atomic E-state index is 11.8. The first-order valence-corrected chi connectivity index (χ1v) is 6.09. The number of carbonyl (C=O) groups is 1. The van der Waals surface area contributed by atoms with Crippen LogP contribution in [-0.4, -0.2) is 18.3 Å². The summed E-state index contributed by atoms with van der Waals surface area (Å²) in [6.45, 7) is 4.69. The topological polar surface area (TPSA) is 29.1 Å². The van der Waals surface area contributed by atoms with Crippen LogP contribution in [-0.2, 0) is 0 Å². The van der Waals surface area contributed by atoms with E-state index in [1.54, 1.807) is 0 Å². The highest BCUT2D eigenvalue weighted by molar-refractivity contribution is 6.17. The van der Waals surface area contributed by atoms with E-state index < -0.39 is 0 Å². The number of carbonyl (C=O) groups excluding carboxylic acids is 1. The zero-order valence-electron chi connectivity index (χ0n) is 9.85. The molecule has 1 rings (SSSR count). The minimum atomic E-state index is 0.00127. The second-order valence-electron chi connectivity index (χ2n) is 4.03. The molecule has 0 aliphatic carbocycles. The molecule has 0 saturated carbocycles. The van der Waals surface area contributed by atoms with Crippen molar-refractivity contribution >= 4 is 17.5 Å². The zero-order valence-corrected chi connectivity index (χ0v) is 10.6. The number of unbranched alkanes of at least 4 members (excludes halogenated alkanes) is 1. The van der Waals surface area contributed by atoms with Crippen molar-refractivity contribution in [3.8, 4) is 0 Å². The summed E-state index contributed by atoms with van der Waals surface area (Å²) in [5.74, 6) is 0.653. The molecule has 0 aliphatic heterocycles. The average Bonchev–Trinajstić information content (AvgIpc) is 2.22. The molecule has 0 radical (unpaired) electrons. The lowest BCUT2D eigenvalue weighted by Gasteiger charge is -2.06. The van der Waals surface area contributed by atoms with Crippen molar-refractivity contribution in [2.45, 2.75) is 26.7 Å². The van der Waals surface area contributed by atoms with Crippen LogP contribution >= 0.6 is 11.6 Å². The van der Waals surface area contributed by atoms with E-state index in [2.05, 4.69) is 11.4 Å². The molecule has 1 aromatic rings. The smallest absolute Gasteiger partial charge is 0.251 e. The van der Waals surface area contributed by atoms with Gasteiger partial charge in [0.2, 0.25) is 0 Å². The van der Waals surface area contributed by atoms with Gasteiger partial charge >= 0.3 is 0 Å². The molecule has 0 fully saturated rings. The summed E-state index contributed by atoms with van der Waals surface area (Å²) < 4.78 is 0. The second kappa shape index (κ2) is 6.54. The number of rotatable bonds is 5. The van der Waals surface area contributed by atoms with E-state index in [1.165, 1.54) is 0 Å². The Morgan fingerprint density at radius 1 is 1.19 bits per heavy atom. The maximum Gasteiger partial charge on any atom is 0.251 e. The molecule has 0 saturated heterocycles. The molecule has 1 aromatic carbocycles. The molecular weight excluding hydrogens is 222 g/mol. The van der Waals surface area contributed by atoms with Gasteiger partial charge in [-0.1, -0.05) is 17.2 Å². The largest absolute Gasteiger partial charge is 0.352 e. The Morgan fingerprint density at radius 3 is 2.38 bits per heavy atom. The molecule has 0 heterocycles. The molecule has 16 heavy (non-hydrogen) atoms. The van der Waals surface area contributed by atoms with Crippen molar-refractivity contribution in [3.05, 3.63) is 34.9 Å². The first kappa shape index (κ1) is 13.0. The van der Waals surface area contributed by atoms with E-state index >= 15 is 0 Å². The fourth-order valence-corrected chi connectivity index (χ4v) is 1.82. The molecular formula is C13H18ClNO. The number of nitrogens with one attached hydrogen (secondary N) is 1. The Balaban J connectivity index is 2.52. The van der Waals surface area contributed by atoms with E-state index in [4.69, 9.17) is 11.6 Å². The van der Waals surface area contributed by atoms with E-state index in [0.717, 1.165) is 29.5 Å². The van der Waals surface area contributed by atoms with Crippen molar-refractivity contribution < 1.29 is 4.79 Å². The van der Waals surface area contributed by atoms with E-state index in [-0.39, 0.29) is 5.91 Å². The van der Waals surface area contributed by atoms with E-state index in [1.807, 2.05) is 26.0 Å². The van der Waals surface area contributed by atoms with Crippen LogP contribution in [0.1, 0.15) is 34.3 Å². The van der Waals surface area contributed by atoms with Crippen molar-refractivity contribution in [1.82, 2.24) is 5.32 Å². The normalized spacial score (nSPS) is 10.2. The van der Waals surface area contributed by atoms with Gasteiger partial charge in [0.1, 0.15) is 0 Å². The molecule has 1 N–H and O–H groups in total. The molecule has 88 valence electrons. The van der Waals surface area contributed by atoms with Crippen molar-refractivity contribution in [2.75, 3.05) is 12.4 Å². The number of hydrogen-bond donors (Lipinski definition) is 1. The number of halogens is 1. The van der Waals surface area contributed by atoms with Crippen LogP contribution in [0.4, 0.5) is 0 Å². The van der Waals surface area contributed by atoms with Crippen LogP contribution in [0.5, 0.6) is 0 Å². The second-order valence-corrected chi connectivity index (χ2v) is 4.41. The van der Waals surface area contributed by atoms with Crippen LogP contribution in [0.15, 0.2) is 18.2 Å². The highest BCUT2D eigenvalue weighted by Crippen LogP contribution is 2.08. The van der Waals surface area contributed by atoms with Crippen LogP contribution in [0.3, 0.4) is 0 Å². The fraction of sp³-hybridized carbons (Fsp3) is 0.462. The quantitative estimate of drug-likeness (QED) is 0.621. The zero-order chi connectivity index (χ0) is 12.0. The molecule has 0 aliphatic rings. The number of aryl methyl sites for hydroxylation is 2. The first-order chi connectivity index (χ1) is 7.63. The fourth-order valence-electron chi connectivity index (χ4n) is 1.63. The number of alkyl halides is 1. The third-order valence-electron chi connectivity index (χ3n) is 2.33. The lowest BCUT2D eigenvalue weighted by molar-refractivity contribution is 0.0953. The van der Waals surface area contributed by atoms with Gasteiger partial charge in [-0.15, -0.1) is 11.6 Å². The van der Waals surface area contributed by atoms with Crippen LogP contribution in [0.2, 0.25) is 0 Å². The van der Waals surface area contributed by atoms with Gasteiger partial charge in [0.15, 0.2) is 0 Å². The summed E-state index contributed by atoms with van der Waals surface area (Å²) in [7, 11) is 0. The molecule has 3 heteroatoms. The third-order valence-corrected chi connectivity index (χ3v) is 2.60. The van der Waals surface area contributed by atoms with Gasteiger partial charge in [0.05, 0.1) is 0 Å². The Hall–Kier alpha value is -1.02. The molecule has 0 unspecified atom stereocenters. The SMILES string of the molecule is Cc1cc(C)cc(C(=O)NCCCCCl)c1. The van der Waals surface area contributed by atoms with Gasteiger partial charge in [0, 0.05) is 18.0 Å². The number of benzene rings is 1. The van der Waals surface area contributed by atoms with Gasteiger partial charge in [-0.25, -0.2) is 0 Å². The lowest BCUT2D eigenvalue weighted by Crippen LogP contribution is -2.24. The van der Waals surface area contributed by atoms with Crippen molar-refractivity contribution in [1.29, 1.82) is 0 Å². The van der Waals surface area contributed by atoms with E-state index in [0.29, 0.717) is 12.4 Å². The molecule has 0 aromatic heterocycles. The highest BCUT2D eigenvalue weighted by Gasteiger charge is 2.05. The highest BCUT2D eigenvalue weighted by atomic mass is 35.5. The van der Waals surface area contributed by atoms with Gasteiger partial charge < -0.3 is 5.32 Å². The molecule has 0 bridgehead atoms. The summed E-state index contributed by atoms with van der Waals surface area (Å²) in [5.41, 5.74) is 2.97. The van der Waals surface area contributed by atoms with Crippen LogP contribution < -0.4 is 5.32 Å². The molecule has 0 atom stereocenters. The number of amides is 1. The molecule has 2 nitrogen and oxygen atoms in total. The van der Waals surface area contributed by atoms with Gasteiger partial charge in [-0.3, -0.25) is 4.79 Å². The van der Waals surface area contributed by atoms with E-state index in [9.17, 15) is 4.79 Å². The van der Waals surface area contributed by atoms with Crippen molar-refractivity contribution in [3.63, 3.8) is 0 Å². The minimum Gasteiger partial charge on any atom is -0.352 e. The lowest BCUT2D eigenvalue weighted by atomic mass is 10.1. The van der Waals surface area contributed by atoms with Gasteiger partial charge in [0.25, 0.3) is 5.91 Å².